The molecule has 4 heteroatoms. The fraction of sp³-hybridized carbons (Fsp3) is 0.500. The van der Waals surface area contributed by atoms with Crippen LogP contribution in [0, 0.1) is 0 Å². The average molecular weight is 302 g/mol. The van der Waals surface area contributed by atoms with Gasteiger partial charge >= 0.3 is 0 Å². The van der Waals surface area contributed by atoms with Gasteiger partial charge in [0, 0.05) is 32.7 Å². The van der Waals surface area contributed by atoms with Gasteiger partial charge in [-0.1, -0.05) is 25.1 Å². The third kappa shape index (κ3) is 4.34. The summed E-state index contributed by atoms with van der Waals surface area (Å²) in [4.78, 5) is 16.6. The van der Waals surface area contributed by atoms with Crippen molar-refractivity contribution in [2.45, 2.75) is 26.4 Å². The highest BCUT2D eigenvalue weighted by Gasteiger charge is 2.25. The molecule has 1 aliphatic rings. The first kappa shape index (κ1) is 16.6. The van der Waals surface area contributed by atoms with Crippen LogP contribution in [0.2, 0.25) is 0 Å². The number of carbonyl (C=O) groups excluding carboxylic acids is 1. The Morgan fingerprint density at radius 2 is 1.91 bits per heavy atom. The lowest BCUT2D eigenvalue weighted by atomic mass is 10.2. The maximum absolute atomic E-state index is 12.5. The van der Waals surface area contributed by atoms with Crippen molar-refractivity contribution < 1.29 is 9.53 Å². The molecule has 1 heterocycles. The fourth-order valence-corrected chi connectivity index (χ4v) is 2.65. The highest BCUT2D eigenvalue weighted by Crippen LogP contribution is 2.15. The first-order valence-electron chi connectivity index (χ1n) is 8.01. The van der Waals surface area contributed by atoms with Gasteiger partial charge in [0.1, 0.15) is 5.75 Å². The highest BCUT2D eigenvalue weighted by molar-refractivity contribution is 5.81. The Morgan fingerprint density at radius 1 is 1.27 bits per heavy atom. The van der Waals surface area contributed by atoms with Crippen LogP contribution in [0.25, 0.3) is 0 Å². The minimum atomic E-state index is -0.446. The molecule has 1 saturated heterocycles. The molecule has 0 N–H and O–H groups in total. The van der Waals surface area contributed by atoms with Gasteiger partial charge in [-0.25, -0.2) is 0 Å². The van der Waals surface area contributed by atoms with E-state index in [0.29, 0.717) is 0 Å². The number of aryl methyl sites for hydroxylation is 1. The molecule has 1 aliphatic heterocycles. The van der Waals surface area contributed by atoms with Crippen LogP contribution in [0.4, 0.5) is 0 Å². The number of ether oxygens (including phenoxy) is 1. The summed E-state index contributed by atoms with van der Waals surface area (Å²) < 4.78 is 5.78. The van der Waals surface area contributed by atoms with Gasteiger partial charge in [-0.2, -0.15) is 0 Å². The van der Waals surface area contributed by atoms with Crippen molar-refractivity contribution in [3.63, 3.8) is 0 Å². The second-order valence-corrected chi connectivity index (χ2v) is 5.67. The van der Waals surface area contributed by atoms with Gasteiger partial charge < -0.3 is 9.64 Å². The number of rotatable bonds is 6. The fourth-order valence-electron chi connectivity index (χ4n) is 2.65. The zero-order valence-electron chi connectivity index (χ0n) is 13.6. The van der Waals surface area contributed by atoms with Crippen molar-refractivity contribution in [2.24, 2.45) is 0 Å². The summed E-state index contributed by atoms with van der Waals surface area (Å²) in [6.45, 7) is 11.9. The van der Waals surface area contributed by atoms with Gasteiger partial charge in [0.05, 0.1) is 0 Å². The Hall–Kier alpha value is -1.81. The van der Waals surface area contributed by atoms with Crippen LogP contribution in [0.15, 0.2) is 36.9 Å². The molecule has 1 fully saturated rings. The lowest BCUT2D eigenvalue weighted by Gasteiger charge is -2.35. The first-order valence-corrected chi connectivity index (χ1v) is 8.01. The summed E-state index contributed by atoms with van der Waals surface area (Å²) >= 11 is 0. The SMILES string of the molecule is C=CCN1CCN(C(=O)[C@@H](C)Oc2ccc(CC)cc2)CC1. The number of hydrogen-bond donors (Lipinski definition) is 0. The number of benzene rings is 1. The van der Waals surface area contributed by atoms with E-state index < -0.39 is 6.10 Å². The van der Waals surface area contributed by atoms with Crippen molar-refractivity contribution in [2.75, 3.05) is 32.7 Å². The molecule has 0 bridgehead atoms. The Labute approximate surface area is 133 Å². The van der Waals surface area contributed by atoms with E-state index in [1.165, 1.54) is 5.56 Å². The smallest absolute Gasteiger partial charge is 0.263 e. The van der Waals surface area contributed by atoms with Crippen LogP contribution in [0.3, 0.4) is 0 Å². The minimum Gasteiger partial charge on any atom is -0.481 e. The molecule has 0 spiro atoms. The van der Waals surface area contributed by atoms with Crippen molar-refractivity contribution in [3.05, 3.63) is 42.5 Å². The maximum Gasteiger partial charge on any atom is 0.263 e. The number of nitrogens with zero attached hydrogens (tertiary/aromatic N) is 2. The van der Waals surface area contributed by atoms with Crippen LogP contribution in [0.5, 0.6) is 5.75 Å². The molecule has 1 amide bonds. The van der Waals surface area contributed by atoms with Crippen LogP contribution in [0.1, 0.15) is 19.4 Å². The van der Waals surface area contributed by atoms with Crippen LogP contribution >= 0.6 is 0 Å². The molecule has 4 nitrogen and oxygen atoms in total. The molecule has 0 aromatic heterocycles. The largest absolute Gasteiger partial charge is 0.481 e. The molecule has 120 valence electrons. The van der Waals surface area contributed by atoms with Crippen molar-refractivity contribution >= 4 is 5.91 Å². The van der Waals surface area contributed by atoms with Crippen LogP contribution in [-0.2, 0) is 11.2 Å². The number of hydrogen-bond acceptors (Lipinski definition) is 3. The highest BCUT2D eigenvalue weighted by atomic mass is 16.5. The second-order valence-electron chi connectivity index (χ2n) is 5.67. The van der Waals surface area contributed by atoms with E-state index in [-0.39, 0.29) is 5.91 Å². The Morgan fingerprint density at radius 3 is 2.45 bits per heavy atom. The van der Waals surface area contributed by atoms with E-state index in [9.17, 15) is 4.79 Å². The van der Waals surface area contributed by atoms with Crippen molar-refractivity contribution in [1.82, 2.24) is 9.80 Å². The van der Waals surface area contributed by atoms with Crippen LogP contribution < -0.4 is 4.74 Å². The molecule has 0 unspecified atom stereocenters. The predicted octanol–water partition coefficient (Wildman–Crippen LogP) is 2.35. The van der Waals surface area contributed by atoms with E-state index in [2.05, 4.69) is 18.4 Å². The van der Waals surface area contributed by atoms with E-state index >= 15 is 0 Å². The molecular weight excluding hydrogens is 276 g/mol. The molecule has 0 aliphatic carbocycles. The number of carbonyl (C=O) groups is 1. The zero-order valence-corrected chi connectivity index (χ0v) is 13.6. The number of amides is 1. The summed E-state index contributed by atoms with van der Waals surface area (Å²) in [5.74, 6) is 0.821. The number of piperazine rings is 1. The Balaban J connectivity index is 1.85. The lowest BCUT2D eigenvalue weighted by molar-refractivity contribution is -0.139. The predicted molar refractivity (Wildman–Crippen MR) is 89.1 cm³/mol. The van der Waals surface area contributed by atoms with Gasteiger partial charge in [-0.3, -0.25) is 9.69 Å². The summed E-state index contributed by atoms with van der Waals surface area (Å²) in [5, 5.41) is 0. The lowest BCUT2D eigenvalue weighted by Crippen LogP contribution is -2.51. The van der Waals surface area contributed by atoms with Gasteiger partial charge in [0.2, 0.25) is 0 Å². The Bertz CT molecular complexity index is 490. The average Bonchev–Trinajstić information content (AvgIpc) is 2.56. The normalized spacial score (nSPS) is 17.1. The van der Waals surface area contributed by atoms with Gasteiger partial charge in [0.15, 0.2) is 6.10 Å². The van der Waals surface area contributed by atoms with E-state index in [4.69, 9.17) is 4.74 Å². The van der Waals surface area contributed by atoms with Gasteiger partial charge in [0.25, 0.3) is 5.91 Å². The molecule has 1 aromatic rings. The monoisotopic (exact) mass is 302 g/mol. The molecular formula is C18H26N2O2. The van der Waals surface area contributed by atoms with E-state index in [0.717, 1.165) is 44.9 Å². The standard InChI is InChI=1S/C18H26N2O2/c1-4-10-19-11-13-20(14-12-19)18(21)15(3)22-17-8-6-16(5-2)7-9-17/h4,6-9,15H,1,5,10-14H2,2-3H3/t15-/m1/s1. The summed E-state index contributed by atoms with van der Waals surface area (Å²) in [5.41, 5.74) is 1.27. The third-order valence-electron chi connectivity index (χ3n) is 4.06. The Kier molecular flexibility index (Phi) is 6.01. The molecule has 0 radical (unpaired) electrons. The summed E-state index contributed by atoms with van der Waals surface area (Å²) in [6, 6.07) is 7.95. The second kappa shape index (κ2) is 7.99. The van der Waals surface area contributed by atoms with Crippen LogP contribution in [-0.4, -0.2) is 54.5 Å². The van der Waals surface area contributed by atoms with E-state index in [1.807, 2.05) is 42.2 Å². The van der Waals surface area contributed by atoms with Crippen molar-refractivity contribution in [3.8, 4) is 5.75 Å². The third-order valence-corrected chi connectivity index (χ3v) is 4.06. The summed E-state index contributed by atoms with van der Waals surface area (Å²) in [7, 11) is 0. The van der Waals surface area contributed by atoms with Gasteiger partial charge in [-0.15, -0.1) is 6.58 Å². The first-order chi connectivity index (χ1) is 10.6. The zero-order chi connectivity index (χ0) is 15.9. The van der Waals surface area contributed by atoms with Gasteiger partial charge in [-0.05, 0) is 31.0 Å². The molecule has 2 rings (SSSR count). The molecule has 22 heavy (non-hydrogen) atoms. The molecule has 1 atom stereocenters. The maximum atomic E-state index is 12.5. The van der Waals surface area contributed by atoms with E-state index in [1.54, 1.807) is 0 Å². The molecule has 1 aromatic carbocycles. The minimum absolute atomic E-state index is 0.0674. The topological polar surface area (TPSA) is 32.8 Å². The summed E-state index contributed by atoms with van der Waals surface area (Å²) in [6.07, 6.45) is 2.46. The van der Waals surface area contributed by atoms with Crippen molar-refractivity contribution in [1.29, 1.82) is 0 Å². The molecule has 0 saturated carbocycles. The quantitative estimate of drug-likeness (QED) is 0.756.